The van der Waals surface area contributed by atoms with E-state index < -0.39 is 12.1 Å². The minimum Gasteiger partial charge on any atom is -0.379 e. The molecular weight excluding hydrogens is 246 g/mol. The summed E-state index contributed by atoms with van der Waals surface area (Å²) in [7, 11) is 0. The molecular formula is C14H17NO4. The lowest BCUT2D eigenvalue weighted by Crippen LogP contribution is -2.59. The predicted molar refractivity (Wildman–Crippen MR) is 68.3 cm³/mol. The van der Waals surface area contributed by atoms with E-state index in [9.17, 15) is 9.59 Å². The molecule has 0 aromatic heterocycles. The van der Waals surface area contributed by atoms with Gasteiger partial charge >= 0.3 is 0 Å². The van der Waals surface area contributed by atoms with Crippen molar-refractivity contribution in [1.82, 2.24) is 4.90 Å². The fourth-order valence-electron chi connectivity index (χ4n) is 2.11. The van der Waals surface area contributed by atoms with Gasteiger partial charge in [0, 0.05) is 6.61 Å². The zero-order valence-electron chi connectivity index (χ0n) is 10.8. The van der Waals surface area contributed by atoms with E-state index in [1.807, 2.05) is 37.3 Å². The molecule has 2 atom stereocenters. The van der Waals surface area contributed by atoms with Gasteiger partial charge in [-0.2, -0.15) is 0 Å². The van der Waals surface area contributed by atoms with Crippen LogP contribution in [0, 0.1) is 0 Å². The van der Waals surface area contributed by atoms with E-state index in [2.05, 4.69) is 0 Å². The molecule has 1 heterocycles. The van der Waals surface area contributed by atoms with Crippen LogP contribution in [0.15, 0.2) is 30.3 Å². The van der Waals surface area contributed by atoms with Crippen LogP contribution in [0.1, 0.15) is 18.4 Å². The Kier molecular flexibility index (Phi) is 4.65. The molecule has 0 aliphatic carbocycles. The second kappa shape index (κ2) is 6.45. The van der Waals surface area contributed by atoms with Crippen molar-refractivity contribution in [1.29, 1.82) is 0 Å². The second-order valence-corrected chi connectivity index (χ2v) is 4.20. The average molecular weight is 263 g/mol. The van der Waals surface area contributed by atoms with Gasteiger partial charge in [0.25, 0.3) is 0 Å². The van der Waals surface area contributed by atoms with E-state index in [1.165, 1.54) is 0 Å². The number of β-lactam (4-membered cyclic amide) rings is 1. The van der Waals surface area contributed by atoms with Crippen LogP contribution in [0.4, 0.5) is 0 Å². The first-order chi connectivity index (χ1) is 9.29. The molecule has 102 valence electrons. The number of amides is 2. The molecule has 2 rings (SSSR count). The molecule has 1 aliphatic heterocycles. The minimum atomic E-state index is -0.521. The van der Waals surface area contributed by atoms with Crippen LogP contribution in [0.5, 0.6) is 0 Å². The molecule has 0 radical (unpaired) electrons. The number of imide groups is 1. The number of hydrogen-bond donors (Lipinski definition) is 0. The number of rotatable bonds is 7. The molecule has 0 N–H and O–H groups in total. The van der Waals surface area contributed by atoms with Gasteiger partial charge in [0.15, 0.2) is 6.23 Å². The van der Waals surface area contributed by atoms with Crippen molar-refractivity contribution in [3.05, 3.63) is 35.9 Å². The van der Waals surface area contributed by atoms with E-state index >= 15 is 0 Å². The molecule has 5 heteroatoms. The first-order valence-corrected chi connectivity index (χ1v) is 6.31. The highest BCUT2D eigenvalue weighted by Gasteiger charge is 2.49. The third-order valence-corrected chi connectivity index (χ3v) is 3.07. The highest BCUT2D eigenvalue weighted by Crippen LogP contribution is 2.35. The van der Waals surface area contributed by atoms with Gasteiger partial charge in [0.05, 0.1) is 13.2 Å². The maximum Gasteiger partial charge on any atom is 0.243 e. The molecule has 0 saturated carbocycles. The summed E-state index contributed by atoms with van der Waals surface area (Å²) >= 11 is 0. The van der Waals surface area contributed by atoms with Crippen molar-refractivity contribution >= 4 is 12.3 Å². The Balaban J connectivity index is 2.00. The Morgan fingerprint density at radius 2 is 2.00 bits per heavy atom. The molecule has 1 saturated heterocycles. The maximum absolute atomic E-state index is 11.9. The van der Waals surface area contributed by atoms with Crippen LogP contribution in [0.3, 0.4) is 0 Å². The van der Waals surface area contributed by atoms with Crippen LogP contribution in [0.25, 0.3) is 0 Å². The number of likely N-dealkylation sites (tertiary alicyclic amines) is 1. The molecule has 0 bridgehead atoms. The maximum atomic E-state index is 11.9. The van der Waals surface area contributed by atoms with Gasteiger partial charge in [0.1, 0.15) is 5.92 Å². The standard InChI is InChI=1S/C14H17NO4/c1-2-18-8-9-19-14-12(13(17)15(14)10-16)11-6-4-3-5-7-11/h3-7,10,12,14H,2,8-9H2,1H3. The molecule has 5 nitrogen and oxygen atoms in total. The topological polar surface area (TPSA) is 55.8 Å². The quantitative estimate of drug-likeness (QED) is 0.420. The highest BCUT2D eigenvalue weighted by atomic mass is 16.5. The Labute approximate surface area is 112 Å². The number of carbonyl (C=O) groups excluding carboxylic acids is 2. The molecule has 2 unspecified atom stereocenters. The van der Waals surface area contributed by atoms with Crippen molar-refractivity contribution in [2.45, 2.75) is 19.1 Å². The van der Waals surface area contributed by atoms with Crippen LogP contribution in [-0.4, -0.2) is 43.3 Å². The third-order valence-electron chi connectivity index (χ3n) is 3.07. The van der Waals surface area contributed by atoms with Gasteiger partial charge < -0.3 is 9.47 Å². The molecule has 1 aromatic rings. The Morgan fingerprint density at radius 3 is 2.63 bits per heavy atom. The number of carbonyl (C=O) groups is 2. The molecule has 1 aromatic carbocycles. The smallest absolute Gasteiger partial charge is 0.243 e. The van der Waals surface area contributed by atoms with Gasteiger partial charge in [-0.05, 0) is 12.5 Å². The Bertz CT molecular complexity index is 434. The fraction of sp³-hybridized carbons (Fsp3) is 0.429. The largest absolute Gasteiger partial charge is 0.379 e. The Hall–Kier alpha value is -1.72. The molecule has 1 aliphatic rings. The SMILES string of the molecule is CCOCCOC1C(c2ccccc2)C(=O)N1C=O. The van der Waals surface area contributed by atoms with Gasteiger partial charge in [-0.15, -0.1) is 0 Å². The van der Waals surface area contributed by atoms with Crippen LogP contribution >= 0.6 is 0 Å². The molecule has 19 heavy (non-hydrogen) atoms. The van der Waals surface area contributed by atoms with Crippen molar-refractivity contribution in [3.8, 4) is 0 Å². The average Bonchev–Trinajstić information content (AvgIpc) is 2.44. The summed E-state index contributed by atoms with van der Waals surface area (Å²) in [6, 6.07) is 9.34. The molecule has 1 fully saturated rings. The number of benzene rings is 1. The van der Waals surface area contributed by atoms with Gasteiger partial charge in [0.2, 0.25) is 12.3 Å². The summed E-state index contributed by atoms with van der Waals surface area (Å²) in [5.41, 5.74) is 0.868. The lowest BCUT2D eigenvalue weighted by Gasteiger charge is -2.43. The summed E-state index contributed by atoms with van der Waals surface area (Å²) in [5, 5.41) is 0. The molecule has 0 spiro atoms. The zero-order valence-corrected chi connectivity index (χ0v) is 10.8. The number of ether oxygens (including phenoxy) is 2. The van der Waals surface area contributed by atoms with E-state index in [0.29, 0.717) is 26.2 Å². The number of hydrogen-bond acceptors (Lipinski definition) is 4. The van der Waals surface area contributed by atoms with Crippen molar-refractivity contribution in [3.63, 3.8) is 0 Å². The van der Waals surface area contributed by atoms with Gasteiger partial charge in [-0.1, -0.05) is 30.3 Å². The fourth-order valence-corrected chi connectivity index (χ4v) is 2.11. The number of nitrogens with zero attached hydrogens (tertiary/aromatic N) is 1. The third kappa shape index (κ3) is 2.83. The predicted octanol–water partition coefficient (Wildman–Crippen LogP) is 1.15. The first-order valence-electron chi connectivity index (χ1n) is 6.31. The highest BCUT2D eigenvalue weighted by molar-refractivity contribution is 5.98. The van der Waals surface area contributed by atoms with Gasteiger partial charge in [-0.25, -0.2) is 0 Å². The minimum absolute atomic E-state index is 0.220. The first kappa shape index (κ1) is 13.7. The van der Waals surface area contributed by atoms with E-state index in [0.717, 1.165) is 10.5 Å². The molecule has 2 amide bonds. The summed E-state index contributed by atoms with van der Waals surface area (Å²) in [6.07, 6.45) is 0.000447. The lowest BCUT2D eigenvalue weighted by atomic mass is 9.88. The van der Waals surface area contributed by atoms with Crippen LogP contribution < -0.4 is 0 Å². The second-order valence-electron chi connectivity index (χ2n) is 4.20. The monoisotopic (exact) mass is 263 g/mol. The van der Waals surface area contributed by atoms with Crippen LogP contribution in [0.2, 0.25) is 0 Å². The Morgan fingerprint density at radius 1 is 1.26 bits per heavy atom. The van der Waals surface area contributed by atoms with Crippen LogP contribution in [-0.2, 0) is 19.1 Å². The van der Waals surface area contributed by atoms with Crippen molar-refractivity contribution in [2.24, 2.45) is 0 Å². The van der Waals surface area contributed by atoms with E-state index in [4.69, 9.17) is 9.47 Å². The normalized spacial score (nSPS) is 22.2. The van der Waals surface area contributed by atoms with E-state index in [-0.39, 0.29) is 5.91 Å². The summed E-state index contributed by atoms with van der Waals surface area (Å²) in [6.45, 7) is 3.33. The summed E-state index contributed by atoms with van der Waals surface area (Å²) < 4.78 is 10.7. The van der Waals surface area contributed by atoms with Crippen molar-refractivity contribution in [2.75, 3.05) is 19.8 Å². The zero-order chi connectivity index (χ0) is 13.7. The lowest BCUT2D eigenvalue weighted by molar-refractivity contribution is -0.183. The van der Waals surface area contributed by atoms with Crippen molar-refractivity contribution < 1.29 is 19.1 Å². The summed E-state index contributed by atoms with van der Waals surface area (Å²) in [4.78, 5) is 23.8. The van der Waals surface area contributed by atoms with Gasteiger partial charge in [-0.3, -0.25) is 14.5 Å². The van der Waals surface area contributed by atoms with E-state index in [1.54, 1.807) is 0 Å². The summed E-state index contributed by atoms with van der Waals surface area (Å²) in [5.74, 6) is -0.615.